The Kier molecular flexibility index (Phi) is 9.49. The Bertz CT molecular complexity index is 1100. The molecule has 0 saturated heterocycles. The fourth-order valence-electron chi connectivity index (χ4n) is 3.17. The van der Waals surface area contributed by atoms with E-state index in [4.69, 9.17) is 4.98 Å². The van der Waals surface area contributed by atoms with Crippen LogP contribution in [0, 0.1) is 11.3 Å². The van der Waals surface area contributed by atoms with Crippen molar-refractivity contribution in [3.05, 3.63) is 70.7 Å². The second-order valence-corrected chi connectivity index (χ2v) is 10.9. The van der Waals surface area contributed by atoms with Gasteiger partial charge in [-0.15, -0.1) is 11.8 Å². The molecule has 1 heterocycles. The number of nitriles is 1. The molecule has 166 valence electrons. The van der Waals surface area contributed by atoms with Gasteiger partial charge in [0.1, 0.15) is 11.1 Å². The Labute approximate surface area is 204 Å². The first-order chi connectivity index (χ1) is 15.5. The first-order valence-electron chi connectivity index (χ1n) is 10.4. The lowest BCUT2D eigenvalue weighted by molar-refractivity contribution is 0.224. The van der Waals surface area contributed by atoms with E-state index in [1.807, 2.05) is 60.7 Å². The summed E-state index contributed by atoms with van der Waals surface area (Å²) < 4.78 is 13.1. The highest BCUT2D eigenvalue weighted by Crippen LogP contribution is 2.34. The third kappa shape index (κ3) is 6.76. The lowest BCUT2D eigenvalue weighted by Crippen LogP contribution is -2.21. The normalized spacial score (nSPS) is 12.8. The van der Waals surface area contributed by atoms with Crippen LogP contribution in [-0.4, -0.2) is 37.7 Å². The van der Waals surface area contributed by atoms with E-state index in [0.717, 1.165) is 39.7 Å². The molecular formula is C25H25BrN2O2S2. The summed E-state index contributed by atoms with van der Waals surface area (Å²) in [5.74, 6) is 1.18. The summed E-state index contributed by atoms with van der Waals surface area (Å²) in [5.41, 5.74) is 3.94. The highest BCUT2D eigenvalue weighted by molar-refractivity contribution is 9.10. The summed E-state index contributed by atoms with van der Waals surface area (Å²) in [6.45, 7) is 2.06. The number of unbranched alkanes of at least 4 members (excludes halogenated alkanes) is 1. The third-order valence-electron chi connectivity index (χ3n) is 4.84. The summed E-state index contributed by atoms with van der Waals surface area (Å²) in [7, 11) is -1.04. The van der Waals surface area contributed by atoms with Gasteiger partial charge in [-0.3, -0.25) is 4.21 Å². The fraction of sp³-hybridized carbons (Fsp3) is 0.280. The molecule has 32 heavy (non-hydrogen) atoms. The second-order valence-electron chi connectivity index (χ2n) is 7.35. The molecule has 0 aliphatic heterocycles. The van der Waals surface area contributed by atoms with Gasteiger partial charge in [-0.05, 0) is 30.2 Å². The lowest BCUT2D eigenvalue weighted by atomic mass is 9.99. The van der Waals surface area contributed by atoms with Crippen LogP contribution in [-0.2, 0) is 10.8 Å². The highest BCUT2D eigenvalue weighted by atomic mass is 79.9. The van der Waals surface area contributed by atoms with Crippen LogP contribution in [0.4, 0.5) is 0 Å². The Morgan fingerprint density at radius 1 is 1.16 bits per heavy atom. The molecule has 0 aliphatic carbocycles. The van der Waals surface area contributed by atoms with Crippen molar-refractivity contribution < 1.29 is 9.32 Å². The maximum atomic E-state index is 12.1. The molecule has 2 aromatic carbocycles. The summed E-state index contributed by atoms with van der Waals surface area (Å²) in [4.78, 5) is 4.77. The lowest BCUT2D eigenvalue weighted by Gasteiger charge is -2.14. The molecule has 0 radical (unpaired) electrons. The molecule has 4 nitrogen and oxygen atoms in total. The molecular weight excluding hydrogens is 504 g/mol. The minimum atomic E-state index is -1.04. The van der Waals surface area contributed by atoms with Crippen molar-refractivity contribution in [2.45, 2.75) is 30.9 Å². The molecule has 1 N–H and O–H groups in total. The van der Waals surface area contributed by atoms with Gasteiger partial charge >= 0.3 is 0 Å². The zero-order valence-electron chi connectivity index (χ0n) is 17.8. The summed E-state index contributed by atoms with van der Waals surface area (Å²) in [6, 6.07) is 21.9. The van der Waals surface area contributed by atoms with Crippen LogP contribution >= 0.6 is 27.7 Å². The third-order valence-corrected chi connectivity index (χ3v) is 7.99. The number of hydrogen-bond acceptors (Lipinski definition) is 5. The zero-order chi connectivity index (χ0) is 22.9. The molecule has 3 aromatic rings. The summed E-state index contributed by atoms with van der Waals surface area (Å²) in [5, 5.41) is 20.9. The predicted octanol–water partition coefficient (Wildman–Crippen LogP) is 6.05. The Morgan fingerprint density at radius 2 is 1.88 bits per heavy atom. The molecule has 3 rings (SSSR count). The summed E-state index contributed by atoms with van der Waals surface area (Å²) in [6.07, 6.45) is 1.15. The zero-order valence-corrected chi connectivity index (χ0v) is 21.0. The minimum absolute atomic E-state index is 0.243. The molecule has 2 atom stereocenters. The van der Waals surface area contributed by atoms with Crippen molar-refractivity contribution in [1.82, 2.24) is 4.98 Å². The van der Waals surface area contributed by atoms with Crippen molar-refractivity contribution in [3.8, 4) is 28.5 Å². The van der Waals surface area contributed by atoms with Crippen LogP contribution in [0.25, 0.3) is 22.4 Å². The second kappa shape index (κ2) is 12.3. The van der Waals surface area contributed by atoms with Crippen molar-refractivity contribution in [1.29, 1.82) is 5.26 Å². The SMILES string of the molecule is CCCC[S@](=O)C[C@@H](O)CSc1nc(-c2ccc(Br)cc2)cc(-c2ccccc2)c1C#N. The first-order valence-corrected chi connectivity index (χ1v) is 13.7. The number of aromatic nitrogens is 1. The van der Waals surface area contributed by atoms with E-state index < -0.39 is 16.9 Å². The van der Waals surface area contributed by atoms with Crippen molar-refractivity contribution in [2.75, 3.05) is 17.3 Å². The van der Waals surface area contributed by atoms with Gasteiger partial charge < -0.3 is 5.11 Å². The van der Waals surface area contributed by atoms with E-state index >= 15 is 0 Å². The molecule has 0 aliphatic rings. The van der Waals surface area contributed by atoms with Crippen LogP contribution in [0.2, 0.25) is 0 Å². The predicted molar refractivity (Wildman–Crippen MR) is 137 cm³/mol. The maximum Gasteiger partial charge on any atom is 0.115 e. The minimum Gasteiger partial charge on any atom is -0.391 e. The molecule has 0 saturated carbocycles. The van der Waals surface area contributed by atoms with Gasteiger partial charge in [0.15, 0.2) is 0 Å². The van der Waals surface area contributed by atoms with Crippen LogP contribution in [0.15, 0.2) is 70.2 Å². The van der Waals surface area contributed by atoms with Gasteiger partial charge in [0.2, 0.25) is 0 Å². The van der Waals surface area contributed by atoms with Gasteiger partial charge in [-0.25, -0.2) is 4.98 Å². The molecule has 1 aromatic heterocycles. The Balaban J connectivity index is 1.93. The molecule has 0 spiro atoms. The number of benzene rings is 2. The Morgan fingerprint density at radius 3 is 2.53 bits per heavy atom. The van der Waals surface area contributed by atoms with E-state index in [2.05, 4.69) is 28.9 Å². The van der Waals surface area contributed by atoms with Crippen molar-refractivity contribution >= 4 is 38.5 Å². The highest BCUT2D eigenvalue weighted by Gasteiger charge is 2.18. The molecule has 0 unspecified atom stereocenters. The van der Waals surface area contributed by atoms with Crippen LogP contribution in [0.5, 0.6) is 0 Å². The number of pyridine rings is 1. The van der Waals surface area contributed by atoms with Crippen molar-refractivity contribution in [2.24, 2.45) is 0 Å². The van der Waals surface area contributed by atoms with E-state index in [0.29, 0.717) is 22.1 Å². The number of hydrogen-bond donors (Lipinski definition) is 1. The summed E-state index contributed by atoms with van der Waals surface area (Å²) >= 11 is 4.80. The van der Waals surface area contributed by atoms with Gasteiger partial charge in [-0.1, -0.05) is 71.7 Å². The van der Waals surface area contributed by atoms with Gasteiger partial charge in [0.25, 0.3) is 0 Å². The molecule has 7 heteroatoms. The number of aliphatic hydroxyl groups excluding tert-OH is 1. The van der Waals surface area contributed by atoms with E-state index in [1.165, 1.54) is 11.8 Å². The standard InChI is InChI=1S/C25H25BrN2O2S2/c1-2-3-13-32(30)17-21(29)16-31-25-23(15-27)22(18-7-5-4-6-8-18)14-24(28-25)19-9-11-20(26)12-10-19/h4-12,14,21,29H,2-3,13,16-17H2,1H3/t21-,32-/m0/s1. The average Bonchev–Trinajstić information content (AvgIpc) is 2.81. The van der Waals surface area contributed by atoms with E-state index in [9.17, 15) is 14.6 Å². The topological polar surface area (TPSA) is 74.0 Å². The molecule has 0 fully saturated rings. The maximum absolute atomic E-state index is 12.1. The van der Waals surface area contributed by atoms with Crippen LogP contribution < -0.4 is 0 Å². The smallest absolute Gasteiger partial charge is 0.115 e. The number of thioether (sulfide) groups is 1. The number of rotatable bonds is 10. The van der Waals surface area contributed by atoms with E-state index in [1.54, 1.807) is 0 Å². The number of aliphatic hydroxyl groups is 1. The van der Waals surface area contributed by atoms with Gasteiger partial charge in [0.05, 0.1) is 23.1 Å². The van der Waals surface area contributed by atoms with Gasteiger partial charge in [-0.2, -0.15) is 5.26 Å². The fourth-order valence-corrected chi connectivity index (χ4v) is 5.84. The van der Waals surface area contributed by atoms with Crippen molar-refractivity contribution in [3.63, 3.8) is 0 Å². The average molecular weight is 530 g/mol. The number of nitrogens with zero attached hydrogens (tertiary/aromatic N) is 2. The first kappa shape index (κ1) is 24.7. The quantitative estimate of drug-likeness (QED) is 0.324. The van der Waals surface area contributed by atoms with Crippen LogP contribution in [0.3, 0.4) is 0 Å². The van der Waals surface area contributed by atoms with E-state index in [-0.39, 0.29) is 5.75 Å². The largest absolute Gasteiger partial charge is 0.391 e. The molecule has 0 bridgehead atoms. The van der Waals surface area contributed by atoms with Gasteiger partial charge in [0, 0.05) is 37.9 Å². The molecule has 0 amide bonds. The number of halogens is 1. The monoisotopic (exact) mass is 528 g/mol. The Hall–Kier alpha value is -1.98. The van der Waals surface area contributed by atoms with Crippen LogP contribution in [0.1, 0.15) is 25.3 Å².